The standard InChI is InChI=1S/C19H39N5O.HI/c1-6-7-8-11-16(2)22-19(20-3)21-13-10-15-24-14-9-12-17(24)18(25)23(4)5;/h16-17H,6-15H2,1-5H3,(H2,20,21,22);1H. The molecule has 1 aliphatic heterocycles. The Morgan fingerprint density at radius 3 is 2.65 bits per heavy atom. The number of unbranched alkanes of at least 4 members (excludes halogenated alkanes) is 2. The van der Waals surface area contributed by atoms with Crippen LogP contribution in [-0.4, -0.2) is 74.5 Å². The van der Waals surface area contributed by atoms with Gasteiger partial charge in [0.1, 0.15) is 0 Å². The Balaban J connectivity index is 0.00000625. The van der Waals surface area contributed by atoms with E-state index in [4.69, 9.17) is 0 Å². The fourth-order valence-corrected chi connectivity index (χ4v) is 3.36. The summed E-state index contributed by atoms with van der Waals surface area (Å²) in [5, 5.41) is 6.86. The minimum Gasteiger partial charge on any atom is -0.356 e. The molecular weight excluding hydrogens is 441 g/mol. The highest BCUT2D eigenvalue weighted by atomic mass is 127. The monoisotopic (exact) mass is 481 g/mol. The molecule has 0 saturated carbocycles. The molecule has 0 bridgehead atoms. The van der Waals surface area contributed by atoms with E-state index >= 15 is 0 Å². The van der Waals surface area contributed by atoms with E-state index in [9.17, 15) is 4.79 Å². The lowest BCUT2D eigenvalue weighted by atomic mass is 10.1. The zero-order valence-electron chi connectivity index (χ0n) is 17.4. The summed E-state index contributed by atoms with van der Waals surface area (Å²) >= 11 is 0. The lowest BCUT2D eigenvalue weighted by molar-refractivity contribution is -0.133. The molecule has 0 aromatic heterocycles. The highest BCUT2D eigenvalue weighted by Gasteiger charge is 2.30. The lowest BCUT2D eigenvalue weighted by Gasteiger charge is -2.26. The molecule has 1 fully saturated rings. The number of aliphatic imine (C=N–C) groups is 1. The van der Waals surface area contributed by atoms with E-state index < -0.39 is 0 Å². The number of likely N-dealkylation sites (N-methyl/N-ethyl adjacent to an activating group) is 1. The van der Waals surface area contributed by atoms with Gasteiger partial charge in [0.15, 0.2) is 5.96 Å². The third-order valence-corrected chi connectivity index (χ3v) is 4.85. The molecule has 1 heterocycles. The summed E-state index contributed by atoms with van der Waals surface area (Å²) in [5.41, 5.74) is 0. The molecule has 1 amide bonds. The number of amides is 1. The molecule has 0 aromatic rings. The maximum absolute atomic E-state index is 12.2. The van der Waals surface area contributed by atoms with Crippen LogP contribution in [0.2, 0.25) is 0 Å². The van der Waals surface area contributed by atoms with Gasteiger partial charge < -0.3 is 15.5 Å². The normalized spacial score (nSPS) is 19.0. The topological polar surface area (TPSA) is 60.0 Å². The van der Waals surface area contributed by atoms with Gasteiger partial charge in [0, 0.05) is 40.3 Å². The SMILES string of the molecule is CCCCCC(C)NC(=NC)NCCCN1CCCC1C(=O)N(C)C.I. The number of carbonyl (C=O) groups excluding carboxylic acids is 1. The molecule has 7 heteroatoms. The van der Waals surface area contributed by atoms with Crippen molar-refractivity contribution in [1.29, 1.82) is 0 Å². The molecule has 0 spiro atoms. The van der Waals surface area contributed by atoms with Crippen LogP contribution in [0, 0.1) is 0 Å². The summed E-state index contributed by atoms with van der Waals surface area (Å²) < 4.78 is 0. The van der Waals surface area contributed by atoms with Gasteiger partial charge in [-0.2, -0.15) is 0 Å². The van der Waals surface area contributed by atoms with Crippen molar-refractivity contribution in [3.63, 3.8) is 0 Å². The fourth-order valence-electron chi connectivity index (χ4n) is 3.36. The quantitative estimate of drug-likeness (QED) is 0.218. The number of rotatable bonds is 10. The van der Waals surface area contributed by atoms with Crippen molar-refractivity contribution < 1.29 is 4.79 Å². The number of nitrogens with zero attached hydrogens (tertiary/aromatic N) is 3. The Kier molecular flexibility index (Phi) is 14.2. The molecule has 1 rings (SSSR count). The molecule has 0 aliphatic carbocycles. The highest BCUT2D eigenvalue weighted by molar-refractivity contribution is 14.0. The van der Waals surface area contributed by atoms with Crippen LogP contribution in [0.25, 0.3) is 0 Å². The van der Waals surface area contributed by atoms with E-state index in [2.05, 4.69) is 34.4 Å². The van der Waals surface area contributed by atoms with Crippen molar-refractivity contribution in [3.05, 3.63) is 0 Å². The Morgan fingerprint density at radius 1 is 1.31 bits per heavy atom. The first-order valence-electron chi connectivity index (χ1n) is 9.92. The molecule has 154 valence electrons. The summed E-state index contributed by atoms with van der Waals surface area (Å²) in [6, 6.07) is 0.518. The van der Waals surface area contributed by atoms with Gasteiger partial charge in [0.2, 0.25) is 5.91 Å². The van der Waals surface area contributed by atoms with Crippen molar-refractivity contribution in [2.24, 2.45) is 4.99 Å². The van der Waals surface area contributed by atoms with Crippen LogP contribution in [0.15, 0.2) is 4.99 Å². The van der Waals surface area contributed by atoms with Gasteiger partial charge in [-0.05, 0) is 39.2 Å². The Morgan fingerprint density at radius 2 is 2.04 bits per heavy atom. The molecule has 2 unspecified atom stereocenters. The van der Waals surface area contributed by atoms with E-state index in [-0.39, 0.29) is 35.9 Å². The largest absolute Gasteiger partial charge is 0.356 e. The predicted molar refractivity (Wildman–Crippen MR) is 121 cm³/mol. The zero-order valence-corrected chi connectivity index (χ0v) is 19.7. The molecule has 1 aliphatic rings. The second-order valence-electron chi connectivity index (χ2n) is 7.32. The van der Waals surface area contributed by atoms with Crippen molar-refractivity contribution in [2.75, 3.05) is 40.8 Å². The second kappa shape index (κ2) is 14.5. The average Bonchev–Trinajstić information content (AvgIpc) is 3.05. The van der Waals surface area contributed by atoms with Gasteiger partial charge >= 0.3 is 0 Å². The maximum atomic E-state index is 12.2. The number of carbonyl (C=O) groups is 1. The van der Waals surface area contributed by atoms with E-state index in [0.29, 0.717) is 6.04 Å². The number of hydrogen-bond acceptors (Lipinski definition) is 3. The van der Waals surface area contributed by atoms with Crippen LogP contribution in [0.4, 0.5) is 0 Å². The molecule has 2 N–H and O–H groups in total. The number of likely N-dealkylation sites (tertiary alicyclic amines) is 1. The Hall–Kier alpha value is -0.570. The first-order valence-corrected chi connectivity index (χ1v) is 9.92. The first-order chi connectivity index (χ1) is 12.0. The summed E-state index contributed by atoms with van der Waals surface area (Å²) in [6.07, 6.45) is 8.12. The number of halogens is 1. The zero-order chi connectivity index (χ0) is 18.7. The maximum Gasteiger partial charge on any atom is 0.239 e. The van der Waals surface area contributed by atoms with Crippen molar-refractivity contribution in [1.82, 2.24) is 20.4 Å². The fraction of sp³-hybridized carbons (Fsp3) is 0.895. The molecule has 0 radical (unpaired) electrons. The van der Waals surface area contributed by atoms with Crippen LogP contribution < -0.4 is 10.6 Å². The molecular formula is C19H40IN5O. The van der Waals surface area contributed by atoms with Gasteiger partial charge in [-0.1, -0.05) is 26.2 Å². The average molecular weight is 481 g/mol. The van der Waals surface area contributed by atoms with E-state index in [1.54, 1.807) is 4.90 Å². The summed E-state index contributed by atoms with van der Waals surface area (Å²) in [5.74, 6) is 1.12. The molecule has 1 saturated heterocycles. The number of nitrogens with one attached hydrogen (secondary N) is 2. The van der Waals surface area contributed by atoms with Crippen LogP contribution in [0.1, 0.15) is 58.8 Å². The van der Waals surface area contributed by atoms with E-state index in [1.807, 2.05) is 21.1 Å². The van der Waals surface area contributed by atoms with Crippen LogP contribution in [0.5, 0.6) is 0 Å². The summed E-state index contributed by atoms with van der Waals surface area (Å²) in [4.78, 5) is 20.6. The summed E-state index contributed by atoms with van der Waals surface area (Å²) in [6.45, 7) is 7.31. The smallest absolute Gasteiger partial charge is 0.239 e. The molecule has 26 heavy (non-hydrogen) atoms. The summed E-state index contributed by atoms with van der Waals surface area (Å²) in [7, 11) is 5.51. The highest BCUT2D eigenvalue weighted by Crippen LogP contribution is 2.18. The minimum atomic E-state index is 0. The third-order valence-electron chi connectivity index (χ3n) is 4.85. The van der Waals surface area contributed by atoms with Crippen molar-refractivity contribution in [3.8, 4) is 0 Å². The van der Waals surface area contributed by atoms with Crippen LogP contribution >= 0.6 is 24.0 Å². The van der Waals surface area contributed by atoms with Crippen LogP contribution in [0.3, 0.4) is 0 Å². The van der Waals surface area contributed by atoms with Crippen LogP contribution in [-0.2, 0) is 4.79 Å². The Labute approximate surface area is 177 Å². The first kappa shape index (κ1) is 25.4. The minimum absolute atomic E-state index is 0. The molecule has 6 nitrogen and oxygen atoms in total. The Bertz CT molecular complexity index is 417. The van der Waals surface area contributed by atoms with Gasteiger partial charge in [0.05, 0.1) is 6.04 Å². The third kappa shape index (κ3) is 9.39. The van der Waals surface area contributed by atoms with E-state index in [1.165, 1.54) is 25.7 Å². The van der Waals surface area contributed by atoms with Gasteiger partial charge in [-0.25, -0.2) is 0 Å². The van der Waals surface area contributed by atoms with Crippen molar-refractivity contribution in [2.45, 2.75) is 70.9 Å². The van der Waals surface area contributed by atoms with Gasteiger partial charge in [-0.3, -0.25) is 14.7 Å². The lowest BCUT2D eigenvalue weighted by Crippen LogP contribution is -2.45. The van der Waals surface area contributed by atoms with Gasteiger partial charge in [0.25, 0.3) is 0 Å². The predicted octanol–water partition coefficient (Wildman–Crippen LogP) is 2.68. The van der Waals surface area contributed by atoms with Gasteiger partial charge in [-0.15, -0.1) is 24.0 Å². The number of hydrogen-bond donors (Lipinski definition) is 2. The van der Waals surface area contributed by atoms with Crippen molar-refractivity contribution >= 4 is 35.8 Å². The molecule has 0 aromatic carbocycles. The second-order valence-corrected chi connectivity index (χ2v) is 7.32. The molecule has 2 atom stereocenters. The number of guanidine groups is 1. The van der Waals surface area contributed by atoms with E-state index in [0.717, 1.165) is 44.9 Å².